The Labute approximate surface area is 171 Å². The molecule has 0 bridgehead atoms. The van der Waals surface area contributed by atoms with E-state index in [0.717, 1.165) is 0 Å². The van der Waals surface area contributed by atoms with Crippen molar-refractivity contribution in [3.05, 3.63) is 47.5 Å². The average molecular weight is 416 g/mol. The standard InChI is InChI=1S/C18H21FN8O3/c19-14-12(10-30-18(29)25-17(21)22)3-4-23-16(14)27-7-5-26(6-8-27)13-2-1-11(9-24-13)15(20)28/h1-4,9H,5-8,10H2,(H2,20,28)(H4,21,22,25,29). The molecule has 11 nitrogen and oxygen atoms in total. The number of guanidine groups is 1. The Kier molecular flexibility index (Phi) is 6.25. The second-order valence-electron chi connectivity index (χ2n) is 6.47. The van der Waals surface area contributed by atoms with Gasteiger partial charge in [-0.2, -0.15) is 0 Å². The molecule has 0 aliphatic carbocycles. The van der Waals surface area contributed by atoms with Crippen LogP contribution in [0.3, 0.4) is 0 Å². The SMILES string of the molecule is N=C(N)NC(=O)OCc1ccnc(N2CCN(c3ccc(C(N)=O)cn3)CC2)c1F. The summed E-state index contributed by atoms with van der Waals surface area (Å²) in [5, 5.41) is 8.93. The topological polar surface area (TPSA) is 164 Å². The molecule has 2 aromatic heterocycles. The van der Waals surface area contributed by atoms with E-state index in [1.807, 2.05) is 10.2 Å². The van der Waals surface area contributed by atoms with Gasteiger partial charge in [0.2, 0.25) is 5.91 Å². The molecule has 1 aliphatic heterocycles. The number of hydrogen-bond donors (Lipinski definition) is 4. The molecule has 1 aliphatic rings. The fraction of sp³-hybridized carbons (Fsp3) is 0.278. The number of rotatable bonds is 5. The molecule has 0 saturated carbocycles. The van der Waals surface area contributed by atoms with Gasteiger partial charge in [-0.1, -0.05) is 0 Å². The molecule has 158 valence electrons. The maximum atomic E-state index is 14.9. The van der Waals surface area contributed by atoms with E-state index in [-0.39, 0.29) is 18.0 Å². The highest BCUT2D eigenvalue weighted by atomic mass is 19.1. The molecule has 0 atom stereocenters. The first-order valence-corrected chi connectivity index (χ1v) is 9.02. The molecule has 6 N–H and O–H groups in total. The van der Waals surface area contributed by atoms with Gasteiger partial charge in [-0.05, 0) is 18.2 Å². The van der Waals surface area contributed by atoms with E-state index in [1.165, 1.54) is 18.5 Å². The molecule has 1 saturated heterocycles. The third kappa shape index (κ3) is 4.90. The minimum Gasteiger partial charge on any atom is -0.444 e. The molecular formula is C18H21FN8O3. The summed E-state index contributed by atoms with van der Waals surface area (Å²) in [5.74, 6) is -0.812. The van der Waals surface area contributed by atoms with Crippen LogP contribution in [-0.2, 0) is 11.3 Å². The van der Waals surface area contributed by atoms with E-state index < -0.39 is 23.8 Å². The van der Waals surface area contributed by atoms with Crippen LogP contribution in [0, 0.1) is 11.2 Å². The van der Waals surface area contributed by atoms with Gasteiger partial charge < -0.3 is 26.0 Å². The number of carbonyl (C=O) groups is 2. The van der Waals surface area contributed by atoms with Gasteiger partial charge in [0.1, 0.15) is 12.4 Å². The summed E-state index contributed by atoms with van der Waals surface area (Å²) >= 11 is 0. The van der Waals surface area contributed by atoms with Gasteiger partial charge in [0.25, 0.3) is 0 Å². The van der Waals surface area contributed by atoms with Crippen molar-refractivity contribution in [2.75, 3.05) is 36.0 Å². The van der Waals surface area contributed by atoms with Crippen LogP contribution in [0.2, 0.25) is 0 Å². The van der Waals surface area contributed by atoms with Crippen molar-refractivity contribution in [3.63, 3.8) is 0 Å². The Morgan fingerprint density at radius 1 is 1.13 bits per heavy atom. The first kappa shape index (κ1) is 20.8. The predicted molar refractivity (Wildman–Crippen MR) is 107 cm³/mol. The van der Waals surface area contributed by atoms with E-state index in [1.54, 1.807) is 17.0 Å². The summed E-state index contributed by atoms with van der Waals surface area (Å²) in [6.07, 6.45) is 1.93. The Balaban J connectivity index is 1.62. The highest BCUT2D eigenvalue weighted by Gasteiger charge is 2.23. The van der Waals surface area contributed by atoms with Crippen LogP contribution in [0.25, 0.3) is 0 Å². The first-order chi connectivity index (χ1) is 14.3. The third-order valence-electron chi connectivity index (χ3n) is 4.48. The Bertz CT molecular complexity index is 945. The summed E-state index contributed by atoms with van der Waals surface area (Å²) in [7, 11) is 0. The summed E-state index contributed by atoms with van der Waals surface area (Å²) in [5.41, 5.74) is 10.8. The minimum atomic E-state index is -0.941. The Morgan fingerprint density at radius 3 is 2.43 bits per heavy atom. The predicted octanol–water partition coefficient (Wildman–Crippen LogP) is 0.161. The molecule has 0 aromatic carbocycles. The average Bonchev–Trinajstić information content (AvgIpc) is 2.73. The molecule has 2 aromatic rings. The maximum Gasteiger partial charge on any atom is 0.414 e. The van der Waals surface area contributed by atoms with Crippen molar-refractivity contribution in [1.29, 1.82) is 5.41 Å². The van der Waals surface area contributed by atoms with Crippen molar-refractivity contribution >= 4 is 29.6 Å². The summed E-state index contributed by atoms with van der Waals surface area (Å²) in [6, 6.07) is 4.75. The molecule has 0 spiro atoms. The zero-order valence-electron chi connectivity index (χ0n) is 16.0. The number of nitrogens with one attached hydrogen (secondary N) is 2. The Morgan fingerprint density at radius 2 is 1.83 bits per heavy atom. The lowest BCUT2D eigenvalue weighted by Gasteiger charge is -2.36. The van der Waals surface area contributed by atoms with Crippen molar-refractivity contribution in [1.82, 2.24) is 15.3 Å². The Hall–Kier alpha value is -3.96. The number of halogens is 1. The number of aromatic nitrogens is 2. The summed E-state index contributed by atoms with van der Waals surface area (Å²) < 4.78 is 19.7. The van der Waals surface area contributed by atoms with Gasteiger partial charge in [0.05, 0.1) is 5.56 Å². The molecule has 3 heterocycles. The first-order valence-electron chi connectivity index (χ1n) is 9.02. The number of ether oxygens (including phenoxy) is 1. The number of nitrogens with two attached hydrogens (primary N) is 2. The van der Waals surface area contributed by atoms with Crippen LogP contribution in [0.4, 0.5) is 20.8 Å². The fourth-order valence-corrected chi connectivity index (χ4v) is 2.96. The fourth-order valence-electron chi connectivity index (χ4n) is 2.96. The van der Waals surface area contributed by atoms with E-state index in [2.05, 4.69) is 9.97 Å². The molecular weight excluding hydrogens is 395 g/mol. The van der Waals surface area contributed by atoms with E-state index >= 15 is 0 Å². The number of hydrogen-bond acceptors (Lipinski definition) is 8. The van der Waals surface area contributed by atoms with Crippen molar-refractivity contribution in [2.24, 2.45) is 11.5 Å². The molecule has 30 heavy (non-hydrogen) atoms. The number of pyridine rings is 2. The number of primary amides is 1. The normalized spacial score (nSPS) is 13.6. The number of nitrogens with zero attached hydrogens (tertiary/aromatic N) is 4. The van der Waals surface area contributed by atoms with Gasteiger partial charge in [0.15, 0.2) is 17.6 Å². The van der Waals surface area contributed by atoms with Gasteiger partial charge >= 0.3 is 6.09 Å². The quantitative estimate of drug-likeness (QED) is 0.395. The number of carbonyl (C=O) groups excluding carboxylic acids is 2. The van der Waals surface area contributed by atoms with Crippen molar-refractivity contribution in [3.8, 4) is 0 Å². The summed E-state index contributed by atoms with van der Waals surface area (Å²) in [6.45, 7) is 1.82. The van der Waals surface area contributed by atoms with Crippen LogP contribution >= 0.6 is 0 Å². The molecule has 0 radical (unpaired) electrons. The van der Waals surface area contributed by atoms with Crippen molar-refractivity contribution < 1.29 is 18.7 Å². The second kappa shape index (κ2) is 9.03. The smallest absolute Gasteiger partial charge is 0.414 e. The van der Waals surface area contributed by atoms with E-state index in [0.29, 0.717) is 37.6 Å². The number of piperazine rings is 1. The number of anilines is 2. The second-order valence-corrected chi connectivity index (χ2v) is 6.47. The van der Waals surface area contributed by atoms with Crippen LogP contribution in [0.1, 0.15) is 15.9 Å². The summed E-state index contributed by atoms with van der Waals surface area (Å²) in [4.78, 5) is 34.7. The van der Waals surface area contributed by atoms with Gasteiger partial charge in [-0.3, -0.25) is 15.5 Å². The molecule has 3 rings (SSSR count). The van der Waals surface area contributed by atoms with Crippen molar-refractivity contribution in [2.45, 2.75) is 6.61 Å². The molecule has 2 amide bonds. The lowest BCUT2D eigenvalue weighted by molar-refractivity contribution is 0.1000. The van der Waals surface area contributed by atoms with Gasteiger partial charge in [-0.15, -0.1) is 0 Å². The van der Waals surface area contributed by atoms with Gasteiger partial charge in [0, 0.05) is 44.1 Å². The molecule has 0 unspecified atom stereocenters. The lowest BCUT2D eigenvalue weighted by atomic mass is 10.2. The van der Waals surface area contributed by atoms with Gasteiger partial charge in [-0.25, -0.2) is 19.2 Å². The molecule has 12 heteroatoms. The van der Waals surface area contributed by atoms with E-state index in [9.17, 15) is 14.0 Å². The number of amides is 2. The largest absolute Gasteiger partial charge is 0.444 e. The van der Waals surface area contributed by atoms with E-state index in [4.69, 9.17) is 21.6 Å². The lowest BCUT2D eigenvalue weighted by Crippen LogP contribution is -2.47. The zero-order chi connectivity index (χ0) is 21.7. The highest BCUT2D eigenvalue weighted by Crippen LogP contribution is 2.23. The van der Waals surface area contributed by atoms with Crippen LogP contribution < -0.4 is 26.6 Å². The zero-order valence-corrected chi connectivity index (χ0v) is 16.0. The van der Waals surface area contributed by atoms with Crippen LogP contribution in [-0.4, -0.2) is 54.1 Å². The maximum absolute atomic E-state index is 14.9. The monoisotopic (exact) mass is 416 g/mol. The molecule has 1 fully saturated rings. The third-order valence-corrected chi connectivity index (χ3v) is 4.48. The van der Waals surface area contributed by atoms with Crippen LogP contribution in [0.5, 0.6) is 0 Å². The highest BCUT2D eigenvalue weighted by molar-refractivity contribution is 5.92. The minimum absolute atomic E-state index is 0.157. The number of alkyl carbamates (subject to hydrolysis) is 1. The van der Waals surface area contributed by atoms with Crippen LogP contribution in [0.15, 0.2) is 30.6 Å².